The molecule has 0 aliphatic carbocycles. The van der Waals surface area contributed by atoms with Crippen LogP contribution in [0, 0.1) is 0 Å². The van der Waals surface area contributed by atoms with E-state index in [-0.39, 0.29) is 17.9 Å². The van der Waals surface area contributed by atoms with Crippen LogP contribution in [-0.4, -0.2) is 36.0 Å². The van der Waals surface area contributed by atoms with Crippen LogP contribution < -0.4 is 0 Å². The second-order valence-corrected chi connectivity index (χ2v) is 3.28. The Morgan fingerprint density at radius 2 is 2.33 bits per heavy atom. The smallest absolute Gasteiger partial charge is 0.328 e. The fraction of sp³-hybridized carbons (Fsp3) is 0.750. The average molecular weight is 169 g/mol. The van der Waals surface area contributed by atoms with Gasteiger partial charge in [0.2, 0.25) is 5.91 Å². The minimum absolute atomic E-state index is 0.0906. The number of amides is 1. The Balaban J connectivity index is 2.08. The predicted molar refractivity (Wildman–Crippen MR) is 40.3 cm³/mol. The Hall–Kier alpha value is -1.06. The van der Waals surface area contributed by atoms with Crippen LogP contribution in [0.1, 0.15) is 19.3 Å². The second-order valence-electron chi connectivity index (χ2n) is 3.28. The normalized spacial score (nSPS) is 32.8. The van der Waals surface area contributed by atoms with Gasteiger partial charge in [0.25, 0.3) is 0 Å². The van der Waals surface area contributed by atoms with Gasteiger partial charge in [0.15, 0.2) is 0 Å². The van der Waals surface area contributed by atoms with Crippen molar-refractivity contribution < 1.29 is 14.3 Å². The topological polar surface area (TPSA) is 46.6 Å². The van der Waals surface area contributed by atoms with Crippen LogP contribution >= 0.6 is 0 Å². The van der Waals surface area contributed by atoms with Gasteiger partial charge in [-0.05, 0) is 12.8 Å². The Labute approximate surface area is 70.5 Å². The molecular formula is C8H11NO3. The molecule has 4 nitrogen and oxygen atoms in total. The van der Waals surface area contributed by atoms with Gasteiger partial charge in [-0.2, -0.15) is 0 Å². The molecule has 0 aromatic rings. The number of fused-ring (bicyclic) bond motifs is 1. The third kappa shape index (κ3) is 0.838. The molecule has 2 aliphatic heterocycles. The van der Waals surface area contributed by atoms with Gasteiger partial charge in [0.05, 0.1) is 7.11 Å². The summed E-state index contributed by atoms with van der Waals surface area (Å²) in [5.41, 5.74) is 0. The van der Waals surface area contributed by atoms with Gasteiger partial charge < -0.3 is 9.64 Å². The van der Waals surface area contributed by atoms with Crippen LogP contribution in [-0.2, 0) is 14.3 Å². The molecule has 2 saturated heterocycles. The number of rotatable bonds is 1. The van der Waals surface area contributed by atoms with Crippen molar-refractivity contribution in [1.29, 1.82) is 0 Å². The number of hydrogen-bond donors (Lipinski definition) is 0. The quantitative estimate of drug-likeness (QED) is 0.407. The van der Waals surface area contributed by atoms with E-state index in [4.69, 9.17) is 0 Å². The first-order valence-corrected chi connectivity index (χ1v) is 4.13. The van der Waals surface area contributed by atoms with Crippen molar-refractivity contribution in [2.24, 2.45) is 0 Å². The van der Waals surface area contributed by atoms with Crippen molar-refractivity contribution in [3.05, 3.63) is 0 Å². The highest BCUT2D eigenvalue weighted by Crippen LogP contribution is 2.35. The van der Waals surface area contributed by atoms with Crippen molar-refractivity contribution in [1.82, 2.24) is 4.90 Å². The number of methoxy groups -OCH3 is 1. The van der Waals surface area contributed by atoms with E-state index < -0.39 is 0 Å². The molecular weight excluding hydrogens is 158 g/mol. The first kappa shape index (κ1) is 7.58. The highest BCUT2D eigenvalue weighted by Gasteiger charge is 2.48. The van der Waals surface area contributed by atoms with Gasteiger partial charge in [0, 0.05) is 12.5 Å². The first-order chi connectivity index (χ1) is 5.74. The minimum atomic E-state index is -0.291. The van der Waals surface area contributed by atoms with Gasteiger partial charge in [0.1, 0.15) is 6.04 Å². The standard InChI is InChI=1S/C8H11NO3/c1-12-8(11)6-3-2-5-4-7(10)9(5)6/h5-6H,2-4H2,1H3/t5-,6+/m0/s1. The van der Waals surface area contributed by atoms with E-state index in [0.717, 1.165) is 12.8 Å². The summed E-state index contributed by atoms with van der Waals surface area (Å²) in [6, 6.07) is 0.0304. The third-order valence-corrected chi connectivity index (χ3v) is 2.67. The van der Waals surface area contributed by atoms with Crippen molar-refractivity contribution in [2.75, 3.05) is 7.11 Å². The van der Waals surface area contributed by atoms with E-state index in [9.17, 15) is 9.59 Å². The average Bonchev–Trinajstić information content (AvgIpc) is 2.40. The first-order valence-electron chi connectivity index (χ1n) is 4.13. The monoisotopic (exact) mass is 169 g/mol. The third-order valence-electron chi connectivity index (χ3n) is 2.67. The zero-order valence-corrected chi connectivity index (χ0v) is 6.95. The van der Waals surface area contributed by atoms with Crippen LogP contribution in [0.2, 0.25) is 0 Å². The summed E-state index contributed by atoms with van der Waals surface area (Å²) in [5, 5.41) is 0. The second kappa shape index (κ2) is 2.47. The maximum Gasteiger partial charge on any atom is 0.328 e. The molecule has 0 unspecified atom stereocenters. The molecule has 4 heteroatoms. The van der Waals surface area contributed by atoms with Crippen molar-refractivity contribution in [3.8, 4) is 0 Å². The number of esters is 1. The molecule has 0 aromatic heterocycles. The lowest BCUT2D eigenvalue weighted by molar-refractivity contribution is -0.158. The summed E-state index contributed by atoms with van der Waals surface area (Å²) < 4.78 is 4.60. The van der Waals surface area contributed by atoms with E-state index in [2.05, 4.69) is 4.74 Å². The minimum Gasteiger partial charge on any atom is -0.467 e. The lowest BCUT2D eigenvalue weighted by atomic mass is 10.0. The summed E-state index contributed by atoms with van der Waals surface area (Å²) in [7, 11) is 1.36. The molecule has 2 rings (SSSR count). The molecule has 2 atom stereocenters. The number of ether oxygens (including phenoxy) is 1. The molecule has 2 heterocycles. The molecule has 0 N–H and O–H groups in total. The van der Waals surface area contributed by atoms with Crippen molar-refractivity contribution in [3.63, 3.8) is 0 Å². The molecule has 0 bridgehead atoms. The number of carbonyl (C=O) groups excluding carboxylic acids is 2. The SMILES string of the molecule is COC(=O)[C@H]1CC[C@H]2CC(=O)N21. The molecule has 66 valence electrons. The fourth-order valence-electron chi connectivity index (χ4n) is 2.02. The van der Waals surface area contributed by atoms with Gasteiger partial charge in [-0.3, -0.25) is 4.79 Å². The molecule has 2 fully saturated rings. The fourth-order valence-corrected chi connectivity index (χ4v) is 2.02. The molecule has 2 aliphatic rings. The highest BCUT2D eigenvalue weighted by atomic mass is 16.5. The predicted octanol–water partition coefficient (Wildman–Crippen LogP) is -0.0773. The van der Waals surface area contributed by atoms with Crippen molar-refractivity contribution in [2.45, 2.75) is 31.3 Å². The number of nitrogens with zero attached hydrogens (tertiary/aromatic N) is 1. The Bertz CT molecular complexity index is 238. The highest BCUT2D eigenvalue weighted by molar-refractivity contribution is 5.90. The van der Waals surface area contributed by atoms with E-state index >= 15 is 0 Å². The lowest BCUT2D eigenvalue weighted by Crippen LogP contribution is -2.54. The van der Waals surface area contributed by atoms with Gasteiger partial charge in [-0.1, -0.05) is 0 Å². The maximum absolute atomic E-state index is 11.1. The zero-order chi connectivity index (χ0) is 8.72. The molecule has 12 heavy (non-hydrogen) atoms. The van der Waals surface area contributed by atoms with E-state index in [1.807, 2.05) is 0 Å². The van der Waals surface area contributed by atoms with Crippen LogP contribution in [0.3, 0.4) is 0 Å². The van der Waals surface area contributed by atoms with Crippen LogP contribution in [0.25, 0.3) is 0 Å². The lowest BCUT2D eigenvalue weighted by Gasteiger charge is -2.37. The molecule has 0 spiro atoms. The Morgan fingerprint density at radius 1 is 1.58 bits per heavy atom. The summed E-state index contributed by atoms with van der Waals surface area (Å²) in [5.74, 6) is -0.182. The van der Waals surface area contributed by atoms with Gasteiger partial charge in [-0.25, -0.2) is 4.79 Å². The van der Waals surface area contributed by atoms with Gasteiger partial charge >= 0.3 is 5.97 Å². The summed E-state index contributed by atoms with van der Waals surface area (Å²) in [6.07, 6.45) is 2.34. The zero-order valence-electron chi connectivity index (χ0n) is 6.95. The van der Waals surface area contributed by atoms with Crippen LogP contribution in [0.4, 0.5) is 0 Å². The molecule has 1 amide bonds. The number of hydrogen-bond acceptors (Lipinski definition) is 3. The molecule has 0 saturated carbocycles. The van der Waals surface area contributed by atoms with E-state index in [1.165, 1.54) is 7.11 Å². The molecule has 0 radical (unpaired) electrons. The number of β-lactam (4-membered cyclic amide) rings is 1. The largest absolute Gasteiger partial charge is 0.467 e. The van der Waals surface area contributed by atoms with Gasteiger partial charge in [-0.15, -0.1) is 0 Å². The summed E-state index contributed by atoms with van der Waals surface area (Å²) in [4.78, 5) is 23.9. The molecule has 0 aromatic carbocycles. The maximum atomic E-state index is 11.1. The summed E-state index contributed by atoms with van der Waals surface area (Å²) >= 11 is 0. The van der Waals surface area contributed by atoms with E-state index in [0.29, 0.717) is 12.5 Å². The van der Waals surface area contributed by atoms with E-state index in [1.54, 1.807) is 4.90 Å². The Kier molecular flexibility index (Phi) is 1.56. The van der Waals surface area contributed by atoms with Crippen LogP contribution in [0.15, 0.2) is 0 Å². The van der Waals surface area contributed by atoms with Crippen LogP contribution in [0.5, 0.6) is 0 Å². The Morgan fingerprint density at radius 3 is 2.92 bits per heavy atom. The summed E-state index contributed by atoms with van der Waals surface area (Å²) in [6.45, 7) is 0. The van der Waals surface area contributed by atoms with Crippen molar-refractivity contribution >= 4 is 11.9 Å². The number of carbonyl (C=O) groups is 2.